The molecule has 0 saturated carbocycles. The lowest BCUT2D eigenvalue weighted by atomic mass is 10.2. The van der Waals surface area contributed by atoms with Crippen LogP contribution in [-0.2, 0) is 20.0 Å². The summed E-state index contributed by atoms with van der Waals surface area (Å²) < 4.78 is 49.3. The van der Waals surface area contributed by atoms with Crippen molar-refractivity contribution in [2.45, 2.75) is 6.92 Å². The molecule has 0 fully saturated rings. The summed E-state index contributed by atoms with van der Waals surface area (Å²) in [6.07, 6.45) is 1.05. The van der Waals surface area contributed by atoms with E-state index in [9.17, 15) is 16.8 Å². The van der Waals surface area contributed by atoms with Crippen LogP contribution in [-0.4, -0.2) is 27.8 Å². The maximum absolute atomic E-state index is 11.3. The molecule has 0 unspecified atom stereocenters. The zero-order chi connectivity index (χ0) is 14.0. The van der Waals surface area contributed by atoms with E-state index in [0.29, 0.717) is 16.9 Å². The average molecular weight is 357 g/mol. The molecule has 102 valence electrons. The van der Waals surface area contributed by atoms with Gasteiger partial charge in [0.25, 0.3) is 0 Å². The molecule has 1 aromatic carbocycles. The minimum absolute atomic E-state index is 0.206. The Morgan fingerprint density at radius 3 is 2.22 bits per heavy atom. The highest BCUT2D eigenvalue weighted by Gasteiger charge is 2.10. The minimum atomic E-state index is -3.41. The van der Waals surface area contributed by atoms with Gasteiger partial charge < -0.3 is 0 Å². The van der Waals surface area contributed by atoms with E-state index in [4.69, 9.17) is 0 Å². The molecule has 9 heteroatoms. The van der Waals surface area contributed by atoms with Crippen molar-refractivity contribution in [1.82, 2.24) is 0 Å². The fraction of sp³-hybridized carbons (Fsp3) is 0.333. The van der Waals surface area contributed by atoms with Gasteiger partial charge in [-0.3, -0.25) is 9.44 Å². The van der Waals surface area contributed by atoms with Gasteiger partial charge >= 0.3 is 0 Å². The maximum atomic E-state index is 11.3. The topological polar surface area (TPSA) is 92.3 Å². The minimum Gasteiger partial charge on any atom is -0.284 e. The summed E-state index contributed by atoms with van der Waals surface area (Å²) in [5, 5.41) is 0. The highest BCUT2D eigenvalue weighted by molar-refractivity contribution is 9.10. The van der Waals surface area contributed by atoms with Crippen LogP contribution < -0.4 is 9.44 Å². The summed E-state index contributed by atoms with van der Waals surface area (Å²) in [6, 6.07) is 4.54. The molecule has 0 amide bonds. The Labute approximate surface area is 115 Å². The Kier molecular flexibility index (Phi) is 4.62. The molecule has 0 aliphatic rings. The molecule has 6 nitrogen and oxygen atoms in total. The van der Waals surface area contributed by atoms with Crippen molar-refractivity contribution in [3.8, 4) is 0 Å². The number of sulfonamides is 2. The first-order chi connectivity index (χ1) is 8.13. The van der Waals surface area contributed by atoms with E-state index < -0.39 is 20.0 Å². The highest BCUT2D eigenvalue weighted by atomic mass is 79.9. The number of hydrogen-bond donors (Lipinski definition) is 2. The molecule has 2 N–H and O–H groups in total. The van der Waals surface area contributed by atoms with Gasteiger partial charge in [0.05, 0.1) is 11.9 Å². The Morgan fingerprint density at radius 2 is 1.78 bits per heavy atom. The zero-order valence-electron chi connectivity index (χ0n) is 9.77. The molecule has 0 atom stereocenters. The number of nitrogens with one attached hydrogen (secondary N) is 2. The van der Waals surface area contributed by atoms with E-state index in [-0.39, 0.29) is 4.66 Å². The summed E-state index contributed by atoms with van der Waals surface area (Å²) >= 11 is 2.86. The van der Waals surface area contributed by atoms with Gasteiger partial charge in [-0.1, -0.05) is 15.9 Å². The van der Waals surface area contributed by atoms with Gasteiger partial charge in [-0.25, -0.2) is 16.8 Å². The number of alkyl halides is 1. The molecule has 0 saturated heterocycles. The van der Waals surface area contributed by atoms with Gasteiger partial charge in [0.1, 0.15) is 4.66 Å². The quantitative estimate of drug-likeness (QED) is 0.781. The normalized spacial score (nSPS) is 12.2. The van der Waals surface area contributed by atoms with Crippen LogP contribution in [0.15, 0.2) is 18.2 Å². The van der Waals surface area contributed by atoms with E-state index in [2.05, 4.69) is 25.4 Å². The SMILES string of the molecule is Cc1cc(NS(=O)(=O)CBr)ccc1NS(C)(=O)=O. The van der Waals surface area contributed by atoms with Crippen molar-refractivity contribution in [2.75, 3.05) is 20.4 Å². The van der Waals surface area contributed by atoms with Crippen LogP contribution >= 0.6 is 15.9 Å². The number of rotatable bonds is 5. The summed E-state index contributed by atoms with van der Waals surface area (Å²) in [4.78, 5) is 0. The third-order valence-electron chi connectivity index (χ3n) is 1.94. The molecule has 0 aromatic heterocycles. The number of halogens is 1. The lowest BCUT2D eigenvalue weighted by Crippen LogP contribution is -2.14. The van der Waals surface area contributed by atoms with Gasteiger partial charge in [-0.15, -0.1) is 0 Å². The van der Waals surface area contributed by atoms with Crippen LogP contribution in [0.25, 0.3) is 0 Å². The Bertz CT molecular complexity index is 641. The molecule has 1 rings (SSSR count). The third-order valence-corrected chi connectivity index (χ3v) is 5.17. The number of hydrogen-bond acceptors (Lipinski definition) is 4. The van der Waals surface area contributed by atoms with Gasteiger partial charge in [0.2, 0.25) is 20.0 Å². The molecular formula is C9H13BrN2O4S2. The van der Waals surface area contributed by atoms with Crippen molar-refractivity contribution < 1.29 is 16.8 Å². The fourth-order valence-electron chi connectivity index (χ4n) is 1.25. The number of benzene rings is 1. The van der Waals surface area contributed by atoms with E-state index in [0.717, 1.165) is 6.26 Å². The molecule has 0 bridgehead atoms. The van der Waals surface area contributed by atoms with Crippen molar-refractivity contribution >= 4 is 47.4 Å². The molecule has 0 heterocycles. The highest BCUT2D eigenvalue weighted by Crippen LogP contribution is 2.21. The van der Waals surface area contributed by atoms with E-state index in [1.54, 1.807) is 13.0 Å². The van der Waals surface area contributed by atoms with Crippen molar-refractivity contribution in [2.24, 2.45) is 0 Å². The zero-order valence-corrected chi connectivity index (χ0v) is 13.0. The first-order valence-corrected chi connectivity index (χ1v) is 9.44. The lowest BCUT2D eigenvalue weighted by Gasteiger charge is -2.10. The van der Waals surface area contributed by atoms with Crippen molar-refractivity contribution in [1.29, 1.82) is 0 Å². The molecule has 0 aliphatic carbocycles. The Morgan fingerprint density at radius 1 is 1.17 bits per heavy atom. The van der Waals surface area contributed by atoms with Crippen LogP contribution in [0.3, 0.4) is 0 Å². The fourth-order valence-corrected chi connectivity index (χ4v) is 2.76. The van der Waals surface area contributed by atoms with Gasteiger partial charge in [0, 0.05) is 5.69 Å². The average Bonchev–Trinajstić information content (AvgIpc) is 2.20. The second-order valence-electron chi connectivity index (χ2n) is 3.73. The lowest BCUT2D eigenvalue weighted by molar-refractivity contribution is 0.604. The maximum Gasteiger partial charge on any atom is 0.242 e. The number of anilines is 2. The smallest absolute Gasteiger partial charge is 0.242 e. The summed E-state index contributed by atoms with van der Waals surface area (Å²) in [5.41, 5.74) is 1.42. The van der Waals surface area contributed by atoms with Gasteiger partial charge in [0.15, 0.2) is 0 Å². The van der Waals surface area contributed by atoms with Crippen molar-refractivity contribution in [3.05, 3.63) is 23.8 Å². The van der Waals surface area contributed by atoms with Crippen LogP contribution in [0.1, 0.15) is 5.56 Å². The largest absolute Gasteiger partial charge is 0.284 e. The predicted octanol–water partition coefficient (Wildman–Crippen LogP) is 1.46. The second-order valence-corrected chi connectivity index (χ2v) is 8.50. The first-order valence-electron chi connectivity index (χ1n) is 4.78. The van der Waals surface area contributed by atoms with E-state index in [1.807, 2.05) is 0 Å². The predicted molar refractivity (Wildman–Crippen MR) is 76.0 cm³/mol. The molecule has 0 spiro atoms. The van der Waals surface area contributed by atoms with E-state index >= 15 is 0 Å². The molecule has 1 aromatic rings. The number of aryl methyl sites for hydroxylation is 1. The Hall–Kier alpha value is -0.800. The molecule has 0 aliphatic heterocycles. The molecule has 18 heavy (non-hydrogen) atoms. The molecular weight excluding hydrogens is 344 g/mol. The molecule has 0 radical (unpaired) electrons. The van der Waals surface area contributed by atoms with Crippen LogP contribution in [0.5, 0.6) is 0 Å². The second kappa shape index (κ2) is 5.45. The summed E-state index contributed by atoms with van der Waals surface area (Å²) in [6.45, 7) is 1.68. The Balaban J connectivity index is 3.00. The standard InChI is InChI=1S/C9H13BrN2O4S2/c1-7-5-8(11-18(15,16)6-10)3-4-9(7)12-17(2,13)14/h3-5,11-12H,6H2,1-2H3. The van der Waals surface area contributed by atoms with Gasteiger partial charge in [-0.2, -0.15) is 0 Å². The van der Waals surface area contributed by atoms with Crippen molar-refractivity contribution in [3.63, 3.8) is 0 Å². The van der Waals surface area contributed by atoms with Crippen LogP contribution in [0.2, 0.25) is 0 Å². The first kappa shape index (κ1) is 15.3. The summed E-state index contributed by atoms with van der Waals surface area (Å²) in [5.74, 6) is 0. The monoisotopic (exact) mass is 356 g/mol. The van der Waals surface area contributed by atoms with Crippen LogP contribution in [0, 0.1) is 6.92 Å². The van der Waals surface area contributed by atoms with E-state index in [1.165, 1.54) is 12.1 Å². The van der Waals surface area contributed by atoms with Crippen LogP contribution in [0.4, 0.5) is 11.4 Å². The third kappa shape index (κ3) is 4.83. The van der Waals surface area contributed by atoms with Gasteiger partial charge in [-0.05, 0) is 30.7 Å². The summed E-state index contributed by atoms with van der Waals surface area (Å²) in [7, 11) is -6.76.